The van der Waals surface area contributed by atoms with Gasteiger partial charge in [0, 0.05) is 24.9 Å². The molecule has 1 atom stereocenters. The van der Waals surface area contributed by atoms with Crippen LogP contribution in [0, 0.1) is 6.92 Å². The maximum atomic E-state index is 13.0. The van der Waals surface area contributed by atoms with Gasteiger partial charge < -0.3 is 18.9 Å². The van der Waals surface area contributed by atoms with Gasteiger partial charge in [-0.05, 0) is 42.8 Å². The lowest BCUT2D eigenvalue weighted by Crippen LogP contribution is -2.25. The summed E-state index contributed by atoms with van der Waals surface area (Å²) in [5.41, 5.74) is 3.72. The second-order valence-corrected chi connectivity index (χ2v) is 8.85. The summed E-state index contributed by atoms with van der Waals surface area (Å²) in [6.07, 6.45) is 0.371. The van der Waals surface area contributed by atoms with Gasteiger partial charge >= 0.3 is 0 Å². The van der Waals surface area contributed by atoms with Crippen molar-refractivity contribution in [1.29, 1.82) is 0 Å². The van der Waals surface area contributed by atoms with Gasteiger partial charge in [-0.2, -0.15) is 0 Å². The van der Waals surface area contributed by atoms with E-state index < -0.39 is 0 Å². The first-order valence-electron chi connectivity index (χ1n) is 11.3. The van der Waals surface area contributed by atoms with E-state index in [1.807, 2.05) is 55.5 Å². The van der Waals surface area contributed by atoms with Gasteiger partial charge in [-0.3, -0.25) is 4.79 Å². The van der Waals surface area contributed by atoms with Crippen LogP contribution in [0.15, 0.2) is 66.7 Å². The number of nitrogens with zero attached hydrogens (tertiary/aromatic N) is 3. The third-order valence-electron chi connectivity index (χ3n) is 6.28. The van der Waals surface area contributed by atoms with Crippen LogP contribution in [-0.4, -0.2) is 35.7 Å². The maximum Gasteiger partial charge on any atom is 0.227 e. The molecule has 174 valence electrons. The molecule has 1 saturated heterocycles. The standard InChI is InChI=1S/C27H26ClN3O3/c1-18-7-3-6-10-25(18)34-14-13-30-23-9-5-4-8-22(23)29-27(30)19-15-26(32)31(17-19)24-16-20(33-2)11-12-21(24)28/h3-12,16,19H,13-15,17H2,1-2H3/t19-/m0/s1. The van der Waals surface area contributed by atoms with Gasteiger partial charge in [-0.1, -0.05) is 41.9 Å². The number of hydrogen-bond donors (Lipinski definition) is 0. The molecule has 0 N–H and O–H groups in total. The number of imidazole rings is 1. The predicted molar refractivity (Wildman–Crippen MR) is 134 cm³/mol. The predicted octanol–water partition coefficient (Wildman–Crippen LogP) is 5.61. The fourth-order valence-electron chi connectivity index (χ4n) is 4.55. The van der Waals surface area contributed by atoms with Gasteiger partial charge in [-0.15, -0.1) is 0 Å². The van der Waals surface area contributed by atoms with Crippen LogP contribution in [0.2, 0.25) is 5.02 Å². The Morgan fingerprint density at radius 2 is 1.88 bits per heavy atom. The van der Waals surface area contributed by atoms with Crippen LogP contribution in [0.4, 0.5) is 5.69 Å². The molecule has 0 aliphatic carbocycles. The molecule has 5 rings (SSSR count). The number of amides is 1. The molecule has 1 aliphatic heterocycles. The fraction of sp³-hybridized carbons (Fsp3) is 0.259. The SMILES string of the molecule is COc1ccc(Cl)c(N2C[C@@H](c3nc4ccccc4n3CCOc3ccccc3C)CC2=O)c1. The van der Waals surface area contributed by atoms with E-state index in [0.29, 0.717) is 42.6 Å². The Morgan fingerprint density at radius 1 is 1.09 bits per heavy atom. The third-order valence-corrected chi connectivity index (χ3v) is 6.60. The van der Waals surface area contributed by atoms with Crippen LogP contribution >= 0.6 is 11.6 Å². The van der Waals surface area contributed by atoms with Crippen molar-refractivity contribution >= 4 is 34.2 Å². The number of aromatic nitrogens is 2. The highest BCUT2D eigenvalue weighted by Crippen LogP contribution is 2.37. The van der Waals surface area contributed by atoms with E-state index >= 15 is 0 Å². The Balaban J connectivity index is 1.42. The van der Waals surface area contributed by atoms with E-state index in [1.54, 1.807) is 24.1 Å². The zero-order valence-electron chi connectivity index (χ0n) is 19.2. The largest absolute Gasteiger partial charge is 0.497 e. The summed E-state index contributed by atoms with van der Waals surface area (Å²) in [5.74, 6) is 2.40. The number of ether oxygens (including phenoxy) is 2. The van der Waals surface area contributed by atoms with Crippen LogP contribution in [0.25, 0.3) is 11.0 Å². The highest BCUT2D eigenvalue weighted by Gasteiger charge is 2.35. The van der Waals surface area contributed by atoms with Crippen molar-refractivity contribution in [2.75, 3.05) is 25.2 Å². The molecule has 4 aromatic rings. The molecule has 2 heterocycles. The molecule has 0 bridgehead atoms. The molecule has 1 fully saturated rings. The molecule has 7 heteroatoms. The number of methoxy groups -OCH3 is 1. The molecule has 1 aliphatic rings. The molecular weight excluding hydrogens is 450 g/mol. The smallest absolute Gasteiger partial charge is 0.227 e. The topological polar surface area (TPSA) is 56.6 Å². The zero-order valence-corrected chi connectivity index (χ0v) is 20.0. The van der Waals surface area contributed by atoms with Gasteiger partial charge in [0.05, 0.1) is 35.4 Å². The van der Waals surface area contributed by atoms with Gasteiger partial charge in [0.2, 0.25) is 5.91 Å². The van der Waals surface area contributed by atoms with Crippen molar-refractivity contribution < 1.29 is 14.3 Å². The summed E-state index contributed by atoms with van der Waals surface area (Å²) >= 11 is 6.44. The van der Waals surface area contributed by atoms with Crippen molar-refractivity contribution in [3.63, 3.8) is 0 Å². The summed E-state index contributed by atoms with van der Waals surface area (Å²) < 4.78 is 13.6. The van der Waals surface area contributed by atoms with E-state index in [9.17, 15) is 4.79 Å². The Hall–Kier alpha value is -3.51. The second-order valence-electron chi connectivity index (χ2n) is 8.45. The Kier molecular flexibility index (Phi) is 6.16. The summed E-state index contributed by atoms with van der Waals surface area (Å²) in [6.45, 7) is 3.68. The molecule has 34 heavy (non-hydrogen) atoms. The number of anilines is 1. The summed E-state index contributed by atoms with van der Waals surface area (Å²) in [5, 5.41) is 0.523. The molecule has 0 saturated carbocycles. The Morgan fingerprint density at radius 3 is 2.71 bits per heavy atom. The van der Waals surface area contributed by atoms with Crippen LogP contribution < -0.4 is 14.4 Å². The van der Waals surface area contributed by atoms with Crippen LogP contribution in [0.5, 0.6) is 11.5 Å². The maximum absolute atomic E-state index is 13.0. The van der Waals surface area contributed by atoms with Crippen molar-refractivity contribution in [3.8, 4) is 11.5 Å². The van der Waals surface area contributed by atoms with E-state index in [0.717, 1.165) is 28.2 Å². The minimum Gasteiger partial charge on any atom is -0.497 e. The number of hydrogen-bond acceptors (Lipinski definition) is 4. The van der Waals surface area contributed by atoms with Crippen LogP contribution in [0.3, 0.4) is 0 Å². The van der Waals surface area contributed by atoms with Crippen LogP contribution in [-0.2, 0) is 11.3 Å². The molecule has 6 nitrogen and oxygen atoms in total. The first kappa shape index (κ1) is 22.3. The molecule has 0 unspecified atom stereocenters. The Bertz CT molecular complexity index is 1350. The third kappa shape index (κ3) is 4.21. The van der Waals surface area contributed by atoms with E-state index in [2.05, 4.69) is 10.6 Å². The number of carbonyl (C=O) groups is 1. The van der Waals surface area contributed by atoms with E-state index in [4.69, 9.17) is 26.1 Å². The number of fused-ring (bicyclic) bond motifs is 1. The molecule has 0 spiro atoms. The molecule has 1 aromatic heterocycles. The number of benzene rings is 3. The molecular formula is C27H26ClN3O3. The number of halogens is 1. The lowest BCUT2D eigenvalue weighted by Gasteiger charge is -2.19. The summed E-state index contributed by atoms with van der Waals surface area (Å²) in [7, 11) is 1.60. The molecule has 1 amide bonds. The highest BCUT2D eigenvalue weighted by molar-refractivity contribution is 6.34. The zero-order chi connectivity index (χ0) is 23.7. The van der Waals surface area contributed by atoms with E-state index in [-0.39, 0.29) is 11.8 Å². The van der Waals surface area contributed by atoms with Crippen molar-refractivity contribution in [2.24, 2.45) is 0 Å². The minimum atomic E-state index is -0.0550. The number of aryl methyl sites for hydroxylation is 1. The van der Waals surface area contributed by atoms with Crippen molar-refractivity contribution in [3.05, 3.63) is 83.1 Å². The lowest BCUT2D eigenvalue weighted by atomic mass is 10.1. The normalized spacial score (nSPS) is 15.8. The van der Waals surface area contributed by atoms with Crippen molar-refractivity contribution in [1.82, 2.24) is 9.55 Å². The molecule has 0 radical (unpaired) electrons. The quantitative estimate of drug-likeness (QED) is 0.349. The first-order chi connectivity index (χ1) is 16.5. The second kappa shape index (κ2) is 9.39. The monoisotopic (exact) mass is 475 g/mol. The number of para-hydroxylation sites is 3. The number of rotatable bonds is 7. The minimum absolute atomic E-state index is 0.0231. The van der Waals surface area contributed by atoms with Gasteiger partial charge in [0.15, 0.2) is 0 Å². The fourth-order valence-corrected chi connectivity index (χ4v) is 4.77. The first-order valence-corrected chi connectivity index (χ1v) is 11.7. The summed E-state index contributed by atoms with van der Waals surface area (Å²) in [4.78, 5) is 19.7. The van der Waals surface area contributed by atoms with Crippen molar-refractivity contribution in [2.45, 2.75) is 25.8 Å². The lowest BCUT2D eigenvalue weighted by molar-refractivity contribution is -0.117. The van der Waals surface area contributed by atoms with Gasteiger partial charge in [0.25, 0.3) is 0 Å². The number of carbonyl (C=O) groups excluding carboxylic acids is 1. The van der Waals surface area contributed by atoms with Crippen LogP contribution in [0.1, 0.15) is 23.7 Å². The average molecular weight is 476 g/mol. The molecule has 3 aromatic carbocycles. The summed E-state index contributed by atoms with van der Waals surface area (Å²) in [6, 6.07) is 21.4. The van der Waals surface area contributed by atoms with Gasteiger partial charge in [0.1, 0.15) is 23.9 Å². The Labute approximate surface area is 203 Å². The van der Waals surface area contributed by atoms with E-state index in [1.165, 1.54) is 0 Å². The highest BCUT2D eigenvalue weighted by atomic mass is 35.5. The average Bonchev–Trinajstić information content (AvgIpc) is 3.41. The van der Waals surface area contributed by atoms with Gasteiger partial charge in [-0.25, -0.2) is 4.98 Å².